The number of carbonyl (C=O) groups excluding carboxylic acids is 1. The average Bonchev–Trinajstić information content (AvgIpc) is 2.34. The molecule has 3 heteroatoms. The number of nitrogens with zero attached hydrogens (tertiary/aromatic N) is 1. The zero-order valence-corrected chi connectivity index (χ0v) is 13.0. The smallest absolute Gasteiger partial charge is 0.340 e. The fourth-order valence-corrected chi connectivity index (χ4v) is 2.09. The summed E-state index contributed by atoms with van der Waals surface area (Å²) in [5.74, 6) is 0.552. The molecule has 18 heavy (non-hydrogen) atoms. The number of hydrogen-bond donors (Lipinski definition) is 0. The first-order valence-electron chi connectivity index (χ1n) is 6.65. The molecule has 0 aromatic heterocycles. The summed E-state index contributed by atoms with van der Waals surface area (Å²) in [6, 6.07) is 0. The molecule has 1 aliphatic heterocycles. The lowest BCUT2D eigenvalue weighted by molar-refractivity contribution is -0.138. The second-order valence-electron chi connectivity index (χ2n) is 8.08. The average molecular weight is 253 g/mol. The molecule has 0 aromatic carbocycles. The Kier molecular flexibility index (Phi) is 3.68. The van der Waals surface area contributed by atoms with Crippen molar-refractivity contribution in [1.82, 2.24) is 0 Å². The van der Waals surface area contributed by atoms with Crippen LogP contribution in [0.2, 0.25) is 0 Å². The van der Waals surface area contributed by atoms with E-state index in [1.807, 2.05) is 0 Å². The minimum atomic E-state index is -0.725. The van der Waals surface area contributed by atoms with Gasteiger partial charge in [0.2, 0.25) is 0 Å². The summed E-state index contributed by atoms with van der Waals surface area (Å²) in [6.45, 7) is 16.7. The summed E-state index contributed by atoms with van der Waals surface area (Å²) in [7, 11) is 0. The van der Waals surface area contributed by atoms with Gasteiger partial charge in [0, 0.05) is 5.92 Å². The van der Waals surface area contributed by atoms with Crippen LogP contribution in [0.3, 0.4) is 0 Å². The highest BCUT2D eigenvalue weighted by Crippen LogP contribution is 2.39. The molecule has 1 unspecified atom stereocenters. The number of ether oxygens (including phenoxy) is 1. The Morgan fingerprint density at radius 2 is 1.67 bits per heavy atom. The van der Waals surface area contributed by atoms with E-state index in [9.17, 15) is 4.79 Å². The van der Waals surface area contributed by atoms with E-state index < -0.39 is 5.54 Å². The standard InChI is InChI=1S/C15H27NO2/c1-13(2,3)9-10(14(4,5)6)11-16-15(7,8)12(17)18-11/h10H,9H2,1-8H3. The molecule has 1 aliphatic rings. The molecule has 0 bridgehead atoms. The zero-order valence-electron chi connectivity index (χ0n) is 13.0. The molecule has 0 amide bonds. The third-order valence-corrected chi connectivity index (χ3v) is 3.25. The maximum absolute atomic E-state index is 11.8. The normalized spacial score (nSPS) is 21.6. The van der Waals surface area contributed by atoms with E-state index in [2.05, 4.69) is 46.5 Å². The number of cyclic esters (lactones) is 1. The molecule has 0 aromatic rings. The number of hydrogen-bond acceptors (Lipinski definition) is 3. The molecule has 0 N–H and O–H groups in total. The molecule has 0 spiro atoms. The molecule has 0 aliphatic carbocycles. The van der Waals surface area contributed by atoms with E-state index in [0.29, 0.717) is 5.90 Å². The maximum Gasteiger partial charge on any atom is 0.340 e. The lowest BCUT2D eigenvalue weighted by Crippen LogP contribution is -2.33. The zero-order chi connectivity index (χ0) is 14.4. The van der Waals surface area contributed by atoms with Crippen molar-refractivity contribution in [3.63, 3.8) is 0 Å². The van der Waals surface area contributed by atoms with Crippen molar-refractivity contribution in [3.8, 4) is 0 Å². The van der Waals surface area contributed by atoms with Gasteiger partial charge in [0.25, 0.3) is 0 Å². The van der Waals surface area contributed by atoms with E-state index >= 15 is 0 Å². The monoisotopic (exact) mass is 253 g/mol. The predicted octanol–water partition coefficient (Wildman–Crippen LogP) is 3.82. The molecule has 0 saturated carbocycles. The van der Waals surface area contributed by atoms with Crippen LogP contribution in [0.15, 0.2) is 4.99 Å². The van der Waals surface area contributed by atoms with Gasteiger partial charge < -0.3 is 4.74 Å². The topological polar surface area (TPSA) is 38.7 Å². The molecule has 1 rings (SSSR count). The highest BCUT2D eigenvalue weighted by atomic mass is 16.6. The van der Waals surface area contributed by atoms with E-state index in [1.54, 1.807) is 13.8 Å². The lowest BCUT2D eigenvalue weighted by atomic mass is 9.72. The number of rotatable bonds is 2. The van der Waals surface area contributed by atoms with Crippen molar-refractivity contribution in [2.24, 2.45) is 21.7 Å². The Labute approximate surface area is 111 Å². The highest BCUT2D eigenvalue weighted by Gasteiger charge is 2.43. The Balaban J connectivity index is 3.04. The van der Waals surface area contributed by atoms with E-state index in [1.165, 1.54) is 0 Å². The molecular formula is C15H27NO2. The van der Waals surface area contributed by atoms with Gasteiger partial charge in [-0.05, 0) is 31.1 Å². The molecule has 1 atom stereocenters. The number of carbonyl (C=O) groups is 1. The largest absolute Gasteiger partial charge is 0.410 e. The second-order valence-corrected chi connectivity index (χ2v) is 8.08. The van der Waals surface area contributed by atoms with Gasteiger partial charge in [-0.2, -0.15) is 0 Å². The van der Waals surface area contributed by atoms with Gasteiger partial charge in [0.1, 0.15) is 0 Å². The third kappa shape index (κ3) is 3.56. The van der Waals surface area contributed by atoms with Crippen molar-refractivity contribution in [2.45, 2.75) is 67.3 Å². The Bertz CT molecular complexity index is 367. The molecule has 3 nitrogen and oxygen atoms in total. The van der Waals surface area contributed by atoms with Crippen molar-refractivity contribution >= 4 is 11.9 Å². The van der Waals surface area contributed by atoms with Crippen LogP contribution in [0.25, 0.3) is 0 Å². The van der Waals surface area contributed by atoms with Crippen molar-refractivity contribution in [3.05, 3.63) is 0 Å². The van der Waals surface area contributed by atoms with Gasteiger partial charge in [0.05, 0.1) is 0 Å². The van der Waals surface area contributed by atoms with Crippen LogP contribution in [0, 0.1) is 16.7 Å². The molecule has 0 fully saturated rings. The molecule has 0 saturated heterocycles. The van der Waals surface area contributed by atoms with Crippen LogP contribution in [0.1, 0.15) is 61.8 Å². The summed E-state index contributed by atoms with van der Waals surface area (Å²) < 4.78 is 5.42. The van der Waals surface area contributed by atoms with Crippen LogP contribution < -0.4 is 0 Å². The fourth-order valence-electron chi connectivity index (χ4n) is 2.09. The molecule has 104 valence electrons. The summed E-state index contributed by atoms with van der Waals surface area (Å²) in [4.78, 5) is 16.3. The summed E-state index contributed by atoms with van der Waals surface area (Å²) in [5.41, 5.74) is -0.511. The van der Waals surface area contributed by atoms with Crippen LogP contribution in [0.4, 0.5) is 0 Å². The van der Waals surface area contributed by atoms with Crippen LogP contribution in [-0.4, -0.2) is 17.4 Å². The van der Waals surface area contributed by atoms with Gasteiger partial charge in [-0.3, -0.25) is 0 Å². The van der Waals surface area contributed by atoms with Crippen molar-refractivity contribution in [2.75, 3.05) is 0 Å². The summed E-state index contributed by atoms with van der Waals surface area (Å²) in [5, 5.41) is 0. The van der Waals surface area contributed by atoms with E-state index in [4.69, 9.17) is 4.74 Å². The Morgan fingerprint density at radius 3 is 1.94 bits per heavy atom. The maximum atomic E-state index is 11.8. The minimum absolute atomic E-state index is 0.0345. The SMILES string of the molecule is CC(C)(C)CC(C1=NC(C)(C)C(=O)O1)C(C)(C)C. The quantitative estimate of drug-likeness (QED) is 0.702. The van der Waals surface area contributed by atoms with Gasteiger partial charge in [-0.1, -0.05) is 41.5 Å². The van der Waals surface area contributed by atoms with Gasteiger partial charge in [0.15, 0.2) is 11.4 Å². The predicted molar refractivity (Wildman–Crippen MR) is 74.6 cm³/mol. The summed E-state index contributed by atoms with van der Waals surface area (Å²) in [6.07, 6.45) is 0.957. The lowest BCUT2D eigenvalue weighted by Gasteiger charge is -2.34. The van der Waals surface area contributed by atoms with Gasteiger partial charge in [-0.25, -0.2) is 9.79 Å². The van der Waals surface area contributed by atoms with Gasteiger partial charge in [-0.15, -0.1) is 0 Å². The number of esters is 1. The first-order chi connectivity index (χ1) is 7.83. The Morgan fingerprint density at radius 1 is 1.17 bits per heavy atom. The van der Waals surface area contributed by atoms with Gasteiger partial charge >= 0.3 is 5.97 Å². The molecular weight excluding hydrogens is 226 g/mol. The summed E-state index contributed by atoms with van der Waals surface area (Å²) >= 11 is 0. The van der Waals surface area contributed by atoms with E-state index in [0.717, 1.165) is 6.42 Å². The van der Waals surface area contributed by atoms with Crippen molar-refractivity contribution < 1.29 is 9.53 Å². The molecule has 1 heterocycles. The van der Waals surface area contributed by atoms with Crippen LogP contribution in [0.5, 0.6) is 0 Å². The van der Waals surface area contributed by atoms with Crippen LogP contribution in [-0.2, 0) is 9.53 Å². The van der Waals surface area contributed by atoms with Crippen LogP contribution >= 0.6 is 0 Å². The minimum Gasteiger partial charge on any atom is -0.410 e. The third-order valence-electron chi connectivity index (χ3n) is 3.25. The van der Waals surface area contributed by atoms with E-state index in [-0.39, 0.29) is 22.7 Å². The fraction of sp³-hybridized carbons (Fsp3) is 0.867. The van der Waals surface area contributed by atoms with Crippen molar-refractivity contribution in [1.29, 1.82) is 0 Å². The highest BCUT2D eigenvalue weighted by molar-refractivity contribution is 6.00. The first kappa shape index (κ1) is 15.2. The number of aliphatic imine (C=N–C) groups is 1. The Hall–Kier alpha value is -0.860. The second kappa shape index (κ2) is 4.36. The first-order valence-corrected chi connectivity index (χ1v) is 6.65. The molecule has 0 radical (unpaired) electrons.